The second-order valence-electron chi connectivity index (χ2n) is 3.30. The molecule has 0 radical (unpaired) electrons. The minimum absolute atomic E-state index is 0.104. The van der Waals surface area contributed by atoms with Crippen LogP contribution in [0, 0.1) is 0 Å². The zero-order valence-corrected chi connectivity index (χ0v) is 12.0. The van der Waals surface area contributed by atoms with E-state index in [1.165, 1.54) is 18.2 Å². The van der Waals surface area contributed by atoms with E-state index in [1.54, 1.807) is 6.92 Å². The molecule has 0 fully saturated rings. The summed E-state index contributed by atoms with van der Waals surface area (Å²) in [7, 11) is -5.21. The van der Waals surface area contributed by atoms with Crippen molar-refractivity contribution in [2.24, 2.45) is 0 Å². The largest absolute Gasteiger partial charge is 0.534 e. The first-order chi connectivity index (χ1) is 9.73. The van der Waals surface area contributed by atoms with Crippen molar-refractivity contribution in [1.82, 2.24) is 4.98 Å². The molecule has 4 nitrogen and oxygen atoms in total. The molecule has 0 saturated heterocycles. The van der Waals surface area contributed by atoms with Gasteiger partial charge in [-0.15, -0.1) is 0 Å². The van der Waals surface area contributed by atoms with Crippen molar-refractivity contribution >= 4 is 22.3 Å². The topological polar surface area (TPSA) is 56.3 Å². The van der Waals surface area contributed by atoms with Crippen LogP contribution in [-0.4, -0.2) is 26.1 Å². The van der Waals surface area contributed by atoms with Gasteiger partial charge in [-0.2, -0.15) is 21.6 Å². The molecule has 1 rings (SSSR count). The van der Waals surface area contributed by atoms with Crippen LogP contribution < -0.4 is 4.18 Å². The molecule has 1 heterocycles. The molecule has 1 aromatic rings. The van der Waals surface area contributed by atoms with Gasteiger partial charge in [0.15, 0.2) is 5.75 Å². The highest BCUT2D eigenvalue weighted by atomic mass is 32.2. The van der Waals surface area contributed by atoms with Crippen LogP contribution in [0.15, 0.2) is 24.9 Å². The zero-order valence-electron chi connectivity index (χ0n) is 11.2. The van der Waals surface area contributed by atoms with Gasteiger partial charge in [0, 0.05) is 17.8 Å². The predicted octanol–water partition coefficient (Wildman–Crippen LogP) is 3.57. The normalized spacial score (nSPS) is 11.7. The molecule has 0 bridgehead atoms. The maximum Gasteiger partial charge on any atom is 0.534 e. The summed E-state index contributed by atoms with van der Waals surface area (Å²) >= 11 is 0. The summed E-state index contributed by atoms with van der Waals surface area (Å²) in [5, 5.41) is 0. The van der Waals surface area contributed by atoms with Crippen molar-refractivity contribution in [3.63, 3.8) is 0 Å². The van der Waals surface area contributed by atoms with Gasteiger partial charge in [-0.25, -0.2) is 0 Å². The summed E-state index contributed by atoms with van der Waals surface area (Å²) in [5.41, 5.74) is -5.17. The molecule has 0 saturated carbocycles. The molecule has 0 amide bonds. The van der Waals surface area contributed by atoms with Gasteiger partial charge in [-0.05, 0) is 13.0 Å². The first kappa shape index (κ1) is 19.1. The number of nitrogens with zero attached hydrogens (tertiary/aromatic N) is 1. The lowest BCUT2D eigenvalue weighted by molar-refractivity contribution is -0.0500. The second kappa shape index (κ2) is 7.77. The molecule has 0 spiro atoms. The molecule has 0 aliphatic rings. The van der Waals surface area contributed by atoms with Gasteiger partial charge < -0.3 is 4.18 Å². The Kier molecular flexibility index (Phi) is 7.07. The monoisotopic (exact) mass is 327 g/mol. The number of hydrogen-bond acceptors (Lipinski definition) is 4. The second-order valence-corrected chi connectivity index (χ2v) is 4.83. The van der Waals surface area contributed by atoms with E-state index in [1.807, 2.05) is 0 Å². The zero-order chi connectivity index (χ0) is 16.7. The molecule has 0 unspecified atom stereocenters. The maximum atomic E-state index is 12.3. The van der Waals surface area contributed by atoms with Crippen molar-refractivity contribution in [3.8, 4) is 5.75 Å². The fraction of sp³-hybridized carbons (Fsp3) is 0.250. The Morgan fingerprint density at radius 2 is 1.90 bits per heavy atom. The van der Waals surface area contributed by atoms with Gasteiger partial charge in [0.2, 0.25) is 0 Å². The summed E-state index contributed by atoms with van der Waals surface area (Å²) in [5.74, 6) is -0.458. The Hall–Kier alpha value is -1.90. The van der Waals surface area contributed by atoms with E-state index in [2.05, 4.69) is 15.7 Å². The number of hydrogen-bond donors (Lipinski definition) is 0. The van der Waals surface area contributed by atoms with Crippen LogP contribution in [0.4, 0.5) is 17.6 Å². The summed E-state index contributed by atoms with van der Waals surface area (Å²) in [6.45, 7) is 5.05. The first-order valence-electron chi connectivity index (χ1n) is 5.35. The van der Waals surface area contributed by atoms with Crippen LogP contribution in [0.2, 0.25) is 0 Å². The number of allylic oxidation sites excluding steroid dienone is 1. The number of alkyl halides is 4. The van der Waals surface area contributed by atoms with Crippen molar-refractivity contribution in [3.05, 3.63) is 36.2 Å². The highest BCUT2D eigenvalue weighted by Crippen LogP contribution is 2.30. The SMILES string of the molecule is C=Cc1nccc(OS(=O)(=O)C(F)(F)F)c1/C=C\C.CF. The van der Waals surface area contributed by atoms with Crippen LogP contribution >= 0.6 is 0 Å². The third kappa shape index (κ3) is 4.85. The Morgan fingerprint density at radius 3 is 2.33 bits per heavy atom. The number of halogens is 4. The Labute approximate surface area is 119 Å². The molecule has 118 valence electrons. The number of pyridine rings is 1. The van der Waals surface area contributed by atoms with Crippen LogP contribution in [0.1, 0.15) is 18.2 Å². The Morgan fingerprint density at radius 1 is 1.33 bits per heavy atom. The van der Waals surface area contributed by atoms with Crippen molar-refractivity contribution in [2.75, 3.05) is 7.18 Å². The number of rotatable bonds is 4. The minimum atomic E-state index is -5.71. The molecule has 0 atom stereocenters. The third-order valence-electron chi connectivity index (χ3n) is 1.99. The van der Waals surface area contributed by atoms with E-state index in [-0.39, 0.29) is 11.3 Å². The fourth-order valence-corrected chi connectivity index (χ4v) is 1.68. The summed E-state index contributed by atoms with van der Waals surface area (Å²) < 4.78 is 72.3. The van der Waals surface area contributed by atoms with E-state index >= 15 is 0 Å². The maximum absolute atomic E-state index is 12.3. The quantitative estimate of drug-likeness (QED) is 0.482. The highest BCUT2D eigenvalue weighted by molar-refractivity contribution is 7.88. The number of aromatic nitrogens is 1. The Bertz CT molecular complexity index is 609. The van der Waals surface area contributed by atoms with Crippen LogP contribution in [0.3, 0.4) is 0 Å². The summed E-state index contributed by atoms with van der Waals surface area (Å²) in [4.78, 5) is 3.84. The molecule has 0 aliphatic heterocycles. The average Bonchev–Trinajstić information content (AvgIpc) is 2.41. The lowest BCUT2D eigenvalue weighted by atomic mass is 10.1. The molecule has 0 aromatic carbocycles. The fourth-order valence-electron chi connectivity index (χ4n) is 1.21. The van der Waals surface area contributed by atoms with Gasteiger partial charge in [0.05, 0.1) is 12.9 Å². The third-order valence-corrected chi connectivity index (χ3v) is 2.96. The molecular formula is C12H13F4NO3S. The molecule has 0 aliphatic carbocycles. The van der Waals surface area contributed by atoms with Gasteiger partial charge in [-0.3, -0.25) is 9.37 Å². The van der Waals surface area contributed by atoms with Gasteiger partial charge in [0.1, 0.15) is 0 Å². The molecule has 1 aromatic heterocycles. The van der Waals surface area contributed by atoms with Crippen molar-refractivity contribution in [1.29, 1.82) is 0 Å². The standard InChI is InChI=1S/C11H10F3NO3S.CH3F/c1-3-5-8-9(4-2)15-7-6-10(8)18-19(16,17)11(12,13)14;1-2/h3-7H,2H2,1H3;1H3/b5-3-;. The summed E-state index contributed by atoms with van der Waals surface area (Å²) in [6.07, 6.45) is 5.30. The van der Waals surface area contributed by atoms with Crippen molar-refractivity contribution in [2.45, 2.75) is 12.4 Å². The lowest BCUT2D eigenvalue weighted by Gasteiger charge is -2.12. The van der Waals surface area contributed by atoms with Gasteiger partial charge in [0.25, 0.3) is 0 Å². The minimum Gasteiger partial charge on any atom is -0.375 e. The van der Waals surface area contributed by atoms with E-state index in [0.717, 1.165) is 12.3 Å². The van der Waals surface area contributed by atoms with Crippen molar-refractivity contribution < 1.29 is 30.2 Å². The van der Waals surface area contributed by atoms with Crippen LogP contribution in [0.5, 0.6) is 5.75 Å². The smallest absolute Gasteiger partial charge is 0.375 e. The van der Waals surface area contributed by atoms with Crippen LogP contribution in [-0.2, 0) is 10.1 Å². The lowest BCUT2D eigenvalue weighted by Crippen LogP contribution is -2.28. The Balaban J connectivity index is 0.00000191. The van der Waals surface area contributed by atoms with E-state index in [9.17, 15) is 26.0 Å². The van der Waals surface area contributed by atoms with E-state index in [4.69, 9.17) is 0 Å². The molecular weight excluding hydrogens is 314 g/mol. The first-order valence-corrected chi connectivity index (χ1v) is 6.76. The van der Waals surface area contributed by atoms with E-state index in [0.29, 0.717) is 7.18 Å². The molecule has 0 N–H and O–H groups in total. The van der Waals surface area contributed by atoms with E-state index < -0.39 is 21.4 Å². The van der Waals surface area contributed by atoms with Crippen LogP contribution in [0.25, 0.3) is 12.2 Å². The predicted molar refractivity (Wildman–Crippen MR) is 71.7 cm³/mol. The highest BCUT2D eigenvalue weighted by Gasteiger charge is 2.48. The van der Waals surface area contributed by atoms with Gasteiger partial charge in [-0.1, -0.05) is 18.7 Å². The summed E-state index contributed by atoms with van der Waals surface area (Å²) in [6, 6.07) is 1.03. The molecule has 21 heavy (non-hydrogen) atoms. The van der Waals surface area contributed by atoms with Gasteiger partial charge >= 0.3 is 15.6 Å². The average molecular weight is 327 g/mol. The molecule has 9 heteroatoms.